The zero-order valence-electron chi connectivity index (χ0n) is 15.1. The van der Waals surface area contributed by atoms with Gasteiger partial charge >= 0.3 is 0 Å². The average Bonchev–Trinajstić information content (AvgIpc) is 2.57. The minimum atomic E-state index is -0.738. The van der Waals surface area contributed by atoms with E-state index < -0.39 is 5.60 Å². The van der Waals surface area contributed by atoms with Gasteiger partial charge in [0, 0.05) is 20.3 Å². The van der Waals surface area contributed by atoms with Crippen LogP contribution in [0.25, 0.3) is 0 Å². The van der Waals surface area contributed by atoms with Crippen molar-refractivity contribution in [3.8, 4) is 5.88 Å². The van der Waals surface area contributed by atoms with Gasteiger partial charge in [-0.25, -0.2) is 4.98 Å². The average molecular weight is 336 g/mol. The summed E-state index contributed by atoms with van der Waals surface area (Å²) >= 11 is 0. The predicted octanol–water partition coefficient (Wildman–Crippen LogP) is 2.95. The van der Waals surface area contributed by atoms with Crippen LogP contribution >= 0.6 is 0 Å². The second-order valence-corrected chi connectivity index (χ2v) is 6.48. The summed E-state index contributed by atoms with van der Waals surface area (Å²) in [6.07, 6.45) is 3.66. The van der Waals surface area contributed by atoms with Gasteiger partial charge in [-0.05, 0) is 38.2 Å². The van der Waals surface area contributed by atoms with Crippen molar-refractivity contribution < 1.29 is 19.0 Å². The second kappa shape index (κ2) is 8.44. The summed E-state index contributed by atoms with van der Waals surface area (Å²) in [6.45, 7) is 4.97. The van der Waals surface area contributed by atoms with Crippen LogP contribution in [0.1, 0.15) is 38.3 Å². The van der Waals surface area contributed by atoms with Crippen LogP contribution in [0.15, 0.2) is 12.1 Å². The van der Waals surface area contributed by atoms with Crippen LogP contribution in [0.4, 0.5) is 5.69 Å². The monoisotopic (exact) mass is 336 g/mol. The van der Waals surface area contributed by atoms with Crippen molar-refractivity contribution in [2.45, 2.75) is 45.1 Å². The summed E-state index contributed by atoms with van der Waals surface area (Å²) in [7, 11) is 3.24. The van der Waals surface area contributed by atoms with E-state index in [4.69, 9.17) is 14.2 Å². The topological polar surface area (TPSA) is 69.7 Å². The first-order chi connectivity index (χ1) is 11.5. The fourth-order valence-electron chi connectivity index (χ4n) is 3.20. The van der Waals surface area contributed by atoms with E-state index in [0.29, 0.717) is 36.4 Å². The number of hydrogen-bond donors (Lipinski definition) is 1. The molecule has 1 aromatic rings. The fourth-order valence-corrected chi connectivity index (χ4v) is 3.20. The molecule has 0 spiro atoms. The van der Waals surface area contributed by atoms with Gasteiger partial charge in [0.25, 0.3) is 5.91 Å². The van der Waals surface area contributed by atoms with Crippen LogP contribution in [0, 0.1) is 12.8 Å². The minimum Gasteiger partial charge on any atom is -0.475 e. The number of amides is 1. The Kier molecular flexibility index (Phi) is 6.57. The third-order valence-corrected chi connectivity index (χ3v) is 4.61. The molecule has 1 aliphatic carbocycles. The van der Waals surface area contributed by atoms with E-state index in [1.807, 2.05) is 13.0 Å². The van der Waals surface area contributed by atoms with Crippen molar-refractivity contribution in [3.63, 3.8) is 0 Å². The van der Waals surface area contributed by atoms with Gasteiger partial charge in [0.2, 0.25) is 5.88 Å². The first kappa shape index (κ1) is 18.7. The zero-order valence-corrected chi connectivity index (χ0v) is 15.1. The predicted molar refractivity (Wildman–Crippen MR) is 92.3 cm³/mol. The number of rotatable bonds is 7. The molecule has 1 N–H and O–H groups in total. The largest absolute Gasteiger partial charge is 0.475 e. The molecule has 1 fully saturated rings. The molecular formula is C18H28N2O4. The highest BCUT2D eigenvalue weighted by Gasteiger charge is 2.42. The molecular weight excluding hydrogens is 308 g/mol. The quantitative estimate of drug-likeness (QED) is 0.775. The Bertz CT molecular complexity index is 564. The third-order valence-electron chi connectivity index (χ3n) is 4.61. The number of carbonyl (C=O) groups excluding carboxylic acids is 1. The number of methoxy groups -OCH3 is 2. The van der Waals surface area contributed by atoms with Gasteiger partial charge < -0.3 is 19.5 Å². The number of hydrogen-bond acceptors (Lipinski definition) is 5. The van der Waals surface area contributed by atoms with Crippen molar-refractivity contribution in [3.05, 3.63) is 17.8 Å². The molecule has 6 nitrogen and oxygen atoms in total. The highest BCUT2D eigenvalue weighted by atomic mass is 16.5. The molecule has 0 bridgehead atoms. The Morgan fingerprint density at radius 2 is 2.17 bits per heavy atom. The van der Waals surface area contributed by atoms with Gasteiger partial charge in [0.15, 0.2) is 0 Å². The third kappa shape index (κ3) is 4.45. The Morgan fingerprint density at radius 3 is 2.79 bits per heavy atom. The number of nitrogens with zero attached hydrogens (tertiary/aromatic N) is 1. The molecule has 0 saturated heterocycles. The first-order valence-corrected chi connectivity index (χ1v) is 8.47. The molecule has 2 atom stereocenters. The number of aromatic nitrogens is 1. The standard InChI is InChI=1S/C18H28N2O4/c1-13-6-5-9-18(12-13,23-4)17(21)20-15-7-8-16(19-14(15)2)24-11-10-22-3/h7-8,13H,5-6,9-12H2,1-4H3,(H,20,21). The van der Waals surface area contributed by atoms with Crippen molar-refractivity contribution in [1.82, 2.24) is 4.98 Å². The molecule has 1 heterocycles. The molecule has 0 aliphatic heterocycles. The SMILES string of the molecule is COCCOc1ccc(NC(=O)C2(OC)CCCC(C)C2)c(C)n1. The van der Waals surface area contributed by atoms with Crippen LogP contribution in [-0.2, 0) is 14.3 Å². The van der Waals surface area contributed by atoms with Crippen LogP contribution in [-0.4, -0.2) is 43.9 Å². The minimum absolute atomic E-state index is 0.0884. The van der Waals surface area contributed by atoms with E-state index in [2.05, 4.69) is 17.2 Å². The number of nitrogens with one attached hydrogen (secondary N) is 1. The Hall–Kier alpha value is -1.66. The molecule has 1 saturated carbocycles. The van der Waals surface area contributed by atoms with Crippen molar-refractivity contribution in [2.24, 2.45) is 5.92 Å². The molecule has 134 valence electrons. The molecule has 1 aromatic heterocycles. The van der Waals surface area contributed by atoms with E-state index in [-0.39, 0.29) is 5.91 Å². The molecule has 2 unspecified atom stereocenters. The molecule has 24 heavy (non-hydrogen) atoms. The van der Waals surface area contributed by atoms with E-state index in [0.717, 1.165) is 25.7 Å². The van der Waals surface area contributed by atoms with E-state index in [1.165, 1.54) is 0 Å². The maximum absolute atomic E-state index is 12.8. The molecule has 6 heteroatoms. The molecule has 0 aromatic carbocycles. The van der Waals surface area contributed by atoms with Crippen molar-refractivity contribution >= 4 is 11.6 Å². The highest BCUT2D eigenvalue weighted by Crippen LogP contribution is 2.36. The van der Waals surface area contributed by atoms with Gasteiger partial charge in [-0.3, -0.25) is 4.79 Å². The van der Waals surface area contributed by atoms with Gasteiger partial charge in [0.05, 0.1) is 18.0 Å². The summed E-state index contributed by atoms with van der Waals surface area (Å²) in [5.74, 6) is 0.921. The summed E-state index contributed by atoms with van der Waals surface area (Å²) in [6, 6.07) is 3.57. The normalized spacial score (nSPS) is 23.8. The Balaban J connectivity index is 2.05. The van der Waals surface area contributed by atoms with E-state index in [9.17, 15) is 4.79 Å². The van der Waals surface area contributed by atoms with Crippen LogP contribution < -0.4 is 10.1 Å². The number of aryl methyl sites for hydroxylation is 1. The smallest absolute Gasteiger partial charge is 0.256 e. The molecule has 2 rings (SSSR count). The maximum atomic E-state index is 12.8. The van der Waals surface area contributed by atoms with Gasteiger partial charge in [-0.15, -0.1) is 0 Å². The summed E-state index contributed by atoms with van der Waals surface area (Å²) in [5, 5.41) is 2.98. The first-order valence-electron chi connectivity index (χ1n) is 8.47. The fraction of sp³-hybridized carbons (Fsp3) is 0.667. The Labute approximate surface area is 143 Å². The number of carbonyl (C=O) groups is 1. The van der Waals surface area contributed by atoms with Crippen LogP contribution in [0.2, 0.25) is 0 Å². The number of pyridine rings is 1. The molecule has 0 radical (unpaired) electrons. The summed E-state index contributed by atoms with van der Waals surface area (Å²) in [4.78, 5) is 17.2. The second-order valence-electron chi connectivity index (χ2n) is 6.48. The van der Waals surface area contributed by atoms with Gasteiger partial charge in [-0.2, -0.15) is 0 Å². The van der Waals surface area contributed by atoms with Gasteiger partial charge in [0.1, 0.15) is 12.2 Å². The molecule has 1 aliphatic rings. The van der Waals surface area contributed by atoms with Crippen molar-refractivity contribution in [1.29, 1.82) is 0 Å². The number of anilines is 1. The van der Waals surface area contributed by atoms with E-state index >= 15 is 0 Å². The maximum Gasteiger partial charge on any atom is 0.256 e. The lowest BCUT2D eigenvalue weighted by Gasteiger charge is -2.37. The molecule has 1 amide bonds. The lowest BCUT2D eigenvalue weighted by molar-refractivity contribution is -0.143. The van der Waals surface area contributed by atoms with Crippen molar-refractivity contribution in [2.75, 3.05) is 32.8 Å². The summed E-state index contributed by atoms with van der Waals surface area (Å²) in [5.41, 5.74) is 0.666. The van der Waals surface area contributed by atoms with E-state index in [1.54, 1.807) is 20.3 Å². The Morgan fingerprint density at radius 1 is 1.38 bits per heavy atom. The lowest BCUT2D eigenvalue weighted by Crippen LogP contribution is -2.48. The number of ether oxygens (including phenoxy) is 3. The van der Waals surface area contributed by atoms with Crippen LogP contribution in [0.3, 0.4) is 0 Å². The highest BCUT2D eigenvalue weighted by molar-refractivity contribution is 5.97. The summed E-state index contributed by atoms with van der Waals surface area (Å²) < 4.78 is 16.1. The van der Waals surface area contributed by atoms with Gasteiger partial charge in [-0.1, -0.05) is 13.3 Å². The van der Waals surface area contributed by atoms with Crippen LogP contribution in [0.5, 0.6) is 5.88 Å². The lowest BCUT2D eigenvalue weighted by atomic mass is 9.78. The zero-order chi connectivity index (χ0) is 17.6.